The van der Waals surface area contributed by atoms with E-state index >= 15 is 0 Å². The molecule has 34 heavy (non-hydrogen) atoms. The molecule has 0 aromatic carbocycles. The third-order valence-corrected chi connectivity index (χ3v) is 5.33. The maximum Gasteiger partial charge on any atom is 0.410 e. The van der Waals surface area contributed by atoms with Crippen LogP contribution in [0.25, 0.3) is 0 Å². The summed E-state index contributed by atoms with van der Waals surface area (Å²) in [5, 5.41) is 0. The van der Waals surface area contributed by atoms with E-state index in [9.17, 15) is 4.79 Å². The highest BCUT2D eigenvalue weighted by molar-refractivity contribution is 5.68. The number of allylic oxidation sites excluding steroid dienone is 2. The van der Waals surface area contributed by atoms with Crippen LogP contribution in [-0.4, -0.2) is 57.6 Å². The molecule has 2 heterocycles. The molecule has 188 valence electrons. The number of piperazine rings is 1. The van der Waals surface area contributed by atoms with Crippen molar-refractivity contribution in [3.8, 4) is 11.8 Å². The summed E-state index contributed by atoms with van der Waals surface area (Å²) < 4.78 is 5.49. The molecule has 2 rings (SSSR count). The van der Waals surface area contributed by atoms with Crippen molar-refractivity contribution in [1.29, 1.82) is 0 Å². The van der Waals surface area contributed by atoms with Crippen LogP contribution >= 0.6 is 0 Å². The molecule has 1 aromatic heterocycles. The van der Waals surface area contributed by atoms with Crippen LogP contribution in [0.1, 0.15) is 73.4 Å². The van der Waals surface area contributed by atoms with Crippen molar-refractivity contribution >= 4 is 12.0 Å². The molecule has 1 unspecified atom stereocenters. The van der Waals surface area contributed by atoms with Crippen LogP contribution in [0.15, 0.2) is 36.2 Å². The van der Waals surface area contributed by atoms with Crippen molar-refractivity contribution in [2.75, 3.05) is 31.9 Å². The van der Waals surface area contributed by atoms with Gasteiger partial charge in [-0.3, -0.25) is 0 Å². The van der Waals surface area contributed by atoms with E-state index in [-0.39, 0.29) is 12.0 Å². The first-order valence-corrected chi connectivity index (χ1v) is 12.3. The van der Waals surface area contributed by atoms with E-state index in [1.807, 2.05) is 34.6 Å². The third kappa shape index (κ3) is 10.3. The minimum Gasteiger partial charge on any atom is -0.444 e. The van der Waals surface area contributed by atoms with Gasteiger partial charge in [-0.2, -0.15) is 0 Å². The van der Waals surface area contributed by atoms with Gasteiger partial charge in [0, 0.05) is 43.6 Å². The molecule has 0 aliphatic carbocycles. The highest BCUT2D eigenvalue weighted by Gasteiger charge is 2.26. The zero-order chi connectivity index (χ0) is 25.7. The highest BCUT2D eigenvalue weighted by Crippen LogP contribution is 2.20. The lowest BCUT2D eigenvalue weighted by Gasteiger charge is -2.37. The first kappa shape index (κ1) is 29.0. The normalized spacial score (nSPS) is 14.9. The number of hydrogen-bond acceptors (Lipinski definition) is 6. The average molecular weight is 470 g/mol. The van der Waals surface area contributed by atoms with Gasteiger partial charge >= 0.3 is 6.09 Å². The molecule has 1 aliphatic rings. The topological polar surface area (TPSA) is 84.6 Å². The number of aromatic nitrogens is 2. The fourth-order valence-electron chi connectivity index (χ4n) is 3.19. The Morgan fingerprint density at radius 2 is 1.88 bits per heavy atom. The molecule has 0 radical (unpaired) electrons. The van der Waals surface area contributed by atoms with Gasteiger partial charge in [-0.1, -0.05) is 52.7 Å². The summed E-state index contributed by atoms with van der Waals surface area (Å²) in [6, 6.07) is 1.74. The van der Waals surface area contributed by atoms with Gasteiger partial charge in [-0.15, -0.1) is 0 Å². The van der Waals surface area contributed by atoms with Crippen LogP contribution in [0.5, 0.6) is 0 Å². The molecule has 2 N–H and O–H groups in total. The number of nitrogen functional groups attached to an aromatic ring is 1. The van der Waals surface area contributed by atoms with E-state index < -0.39 is 5.60 Å². The quantitative estimate of drug-likeness (QED) is 0.452. The van der Waals surface area contributed by atoms with Gasteiger partial charge in [0.25, 0.3) is 0 Å². The number of nitrogens with zero attached hydrogens (tertiary/aromatic N) is 4. The van der Waals surface area contributed by atoms with Crippen molar-refractivity contribution < 1.29 is 9.53 Å². The molecule has 1 fully saturated rings. The highest BCUT2D eigenvalue weighted by atomic mass is 16.6. The number of carbonyl (C=O) groups excluding carboxylic acids is 1. The Morgan fingerprint density at radius 3 is 2.44 bits per heavy atom. The van der Waals surface area contributed by atoms with Crippen LogP contribution in [-0.2, 0) is 4.74 Å². The number of hydrogen-bond donors (Lipinski definition) is 1. The molecule has 1 atom stereocenters. The Hall–Kier alpha value is -3.01. The number of ether oxygens (including phenoxy) is 1. The molecule has 0 spiro atoms. The smallest absolute Gasteiger partial charge is 0.410 e. The van der Waals surface area contributed by atoms with Gasteiger partial charge in [0.15, 0.2) is 0 Å². The predicted molar refractivity (Wildman–Crippen MR) is 140 cm³/mol. The number of rotatable bonds is 6. The summed E-state index contributed by atoms with van der Waals surface area (Å²) in [6.45, 7) is 21.0. The second kappa shape index (κ2) is 14.3. The van der Waals surface area contributed by atoms with E-state index in [2.05, 4.69) is 53.2 Å². The van der Waals surface area contributed by atoms with Crippen LogP contribution in [0.4, 0.5) is 10.7 Å². The first-order chi connectivity index (χ1) is 16.1. The van der Waals surface area contributed by atoms with Crippen LogP contribution in [0, 0.1) is 17.8 Å². The van der Waals surface area contributed by atoms with Gasteiger partial charge in [0.1, 0.15) is 11.3 Å². The molecule has 0 bridgehead atoms. The fourth-order valence-corrected chi connectivity index (χ4v) is 3.19. The minimum absolute atomic E-state index is 0.205. The van der Waals surface area contributed by atoms with Crippen molar-refractivity contribution in [3.05, 3.63) is 41.9 Å². The predicted octanol–water partition coefficient (Wildman–Crippen LogP) is 5.26. The summed E-state index contributed by atoms with van der Waals surface area (Å²) in [4.78, 5) is 24.4. The Balaban J connectivity index is 0.00000281. The van der Waals surface area contributed by atoms with Crippen LogP contribution < -0.4 is 5.73 Å². The van der Waals surface area contributed by atoms with Gasteiger partial charge in [-0.25, -0.2) is 14.8 Å². The van der Waals surface area contributed by atoms with Crippen molar-refractivity contribution in [2.45, 2.75) is 73.3 Å². The van der Waals surface area contributed by atoms with E-state index in [1.54, 1.807) is 17.2 Å². The number of nitrogens with two attached hydrogens (primary N) is 1. The van der Waals surface area contributed by atoms with E-state index in [0.29, 0.717) is 37.8 Å². The molecule has 1 aromatic rings. The van der Waals surface area contributed by atoms with Gasteiger partial charge < -0.3 is 20.3 Å². The Labute approximate surface area is 206 Å². The molecule has 7 nitrogen and oxygen atoms in total. The molecular weight excluding hydrogens is 426 g/mol. The fraction of sp³-hybridized carbons (Fsp3) is 0.593. The zero-order valence-electron chi connectivity index (χ0n) is 22.1. The van der Waals surface area contributed by atoms with Gasteiger partial charge in [0.2, 0.25) is 5.95 Å². The second-order valence-corrected chi connectivity index (χ2v) is 9.16. The molecule has 7 heteroatoms. The monoisotopic (exact) mass is 469 g/mol. The average Bonchev–Trinajstić information content (AvgIpc) is 2.81. The van der Waals surface area contributed by atoms with Crippen molar-refractivity contribution in [1.82, 2.24) is 19.8 Å². The standard InChI is InChI=1S/C25H37N5O2.C2H6/c1-7-19(2)9-8-10-21(11-12-22-13-14-27-23(26)28-22)20(3)29-15-17-30(18-16-29)24(31)32-25(4,5)6;1-2/h10,13-14,19H,3,7-9,15-18H2,1-2,4-6H3,(H2,26,27,28);1-2H3/b21-10-;. The lowest BCUT2D eigenvalue weighted by Crippen LogP contribution is -2.49. The lowest BCUT2D eigenvalue weighted by atomic mass is 10.0. The number of amides is 1. The largest absolute Gasteiger partial charge is 0.444 e. The third-order valence-electron chi connectivity index (χ3n) is 5.33. The van der Waals surface area contributed by atoms with Gasteiger partial charge in [0.05, 0.1) is 0 Å². The Kier molecular flexibility index (Phi) is 12.2. The summed E-state index contributed by atoms with van der Waals surface area (Å²) in [6.07, 6.45) is 6.68. The minimum atomic E-state index is -0.497. The number of anilines is 1. The SMILES string of the molecule is C=C(/C(C#Cc1ccnc(N)n1)=C\CCC(C)CC)N1CCN(C(=O)OC(C)(C)C)CC1.CC. The second-order valence-electron chi connectivity index (χ2n) is 9.16. The summed E-state index contributed by atoms with van der Waals surface area (Å²) in [5.74, 6) is 7.19. The molecule has 1 aliphatic heterocycles. The molecular formula is C27H43N5O2. The van der Waals surface area contributed by atoms with E-state index in [1.165, 1.54) is 0 Å². The Morgan fingerprint density at radius 1 is 1.26 bits per heavy atom. The van der Waals surface area contributed by atoms with Crippen LogP contribution in [0.3, 0.4) is 0 Å². The Bertz CT molecular complexity index is 884. The number of carbonyl (C=O) groups is 1. The molecule has 1 saturated heterocycles. The van der Waals surface area contributed by atoms with E-state index in [0.717, 1.165) is 30.5 Å². The lowest BCUT2D eigenvalue weighted by molar-refractivity contribution is 0.0171. The van der Waals surface area contributed by atoms with E-state index in [4.69, 9.17) is 10.5 Å². The first-order valence-electron chi connectivity index (χ1n) is 12.3. The summed E-state index contributed by atoms with van der Waals surface area (Å²) in [7, 11) is 0. The van der Waals surface area contributed by atoms with Gasteiger partial charge in [-0.05, 0) is 51.5 Å². The molecule has 1 amide bonds. The summed E-state index contributed by atoms with van der Waals surface area (Å²) >= 11 is 0. The van der Waals surface area contributed by atoms with Crippen molar-refractivity contribution in [3.63, 3.8) is 0 Å². The molecule has 0 saturated carbocycles. The maximum absolute atomic E-state index is 12.4. The maximum atomic E-state index is 12.4. The van der Waals surface area contributed by atoms with Crippen LogP contribution in [0.2, 0.25) is 0 Å². The van der Waals surface area contributed by atoms with Crippen molar-refractivity contribution in [2.24, 2.45) is 5.92 Å². The summed E-state index contributed by atoms with van der Waals surface area (Å²) in [5.41, 5.74) is 7.51. The zero-order valence-corrected chi connectivity index (χ0v) is 22.1.